The minimum Gasteiger partial charge on any atom is -0.340 e. The number of carbonyl (C=O) groups excluding carboxylic acids is 1. The first-order chi connectivity index (χ1) is 9.47. The van der Waals surface area contributed by atoms with Crippen molar-refractivity contribution in [1.29, 1.82) is 0 Å². The van der Waals surface area contributed by atoms with Crippen molar-refractivity contribution in [2.24, 2.45) is 0 Å². The molecule has 1 amide bonds. The Morgan fingerprint density at radius 2 is 2.00 bits per heavy atom. The summed E-state index contributed by atoms with van der Waals surface area (Å²) < 4.78 is 14.3. The second-order valence-corrected chi connectivity index (χ2v) is 5.43. The third-order valence-corrected chi connectivity index (χ3v) is 3.91. The summed E-state index contributed by atoms with van der Waals surface area (Å²) in [5.41, 5.74) is 1.63. The fraction of sp³-hybridized carbons (Fsp3) is 0.286. The number of benzene rings is 1. The van der Waals surface area contributed by atoms with E-state index in [1.807, 2.05) is 0 Å². The van der Waals surface area contributed by atoms with E-state index in [0.717, 1.165) is 22.6 Å². The number of thiazole rings is 1. The van der Waals surface area contributed by atoms with Gasteiger partial charge in [0.1, 0.15) is 12.4 Å². The standard InChI is InChI=1S/C14H15FN2O2S/c1-10-9-20-14(19)17(10)8-13(18)16(2)7-11-3-5-12(15)6-4-11/h3-6,9H,7-8H2,1-2H3. The monoisotopic (exact) mass is 294 g/mol. The van der Waals surface area contributed by atoms with E-state index in [9.17, 15) is 14.0 Å². The van der Waals surface area contributed by atoms with Crippen LogP contribution in [0.3, 0.4) is 0 Å². The van der Waals surface area contributed by atoms with Gasteiger partial charge in [-0.15, -0.1) is 0 Å². The molecular formula is C14H15FN2O2S. The maximum atomic E-state index is 12.8. The lowest BCUT2D eigenvalue weighted by atomic mass is 10.2. The van der Waals surface area contributed by atoms with Crippen molar-refractivity contribution in [1.82, 2.24) is 9.47 Å². The SMILES string of the molecule is Cc1csc(=O)n1CC(=O)N(C)Cc1ccc(F)cc1. The highest BCUT2D eigenvalue weighted by molar-refractivity contribution is 7.07. The minimum absolute atomic E-state index is 0.0336. The molecule has 2 rings (SSSR count). The highest BCUT2D eigenvalue weighted by Crippen LogP contribution is 2.07. The predicted octanol–water partition coefficient (Wildman–Crippen LogP) is 2.02. The molecule has 6 heteroatoms. The van der Waals surface area contributed by atoms with E-state index in [2.05, 4.69) is 0 Å². The zero-order chi connectivity index (χ0) is 14.7. The quantitative estimate of drug-likeness (QED) is 0.865. The van der Waals surface area contributed by atoms with Crippen LogP contribution in [0, 0.1) is 12.7 Å². The number of aromatic nitrogens is 1. The number of carbonyl (C=O) groups is 1. The van der Waals surface area contributed by atoms with E-state index in [0.29, 0.717) is 6.54 Å². The van der Waals surface area contributed by atoms with Crippen LogP contribution in [0.1, 0.15) is 11.3 Å². The molecule has 1 aromatic heterocycles. The van der Waals surface area contributed by atoms with Gasteiger partial charge >= 0.3 is 4.87 Å². The van der Waals surface area contributed by atoms with Crippen LogP contribution in [-0.4, -0.2) is 22.4 Å². The molecule has 0 spiro atoms. The Kier molecular flexibility index (Phi) is 4.34. The van der Waals surface area contributed by atoms with E-state index >= 15 is 0 Å². The van der Waals surface area contributed by atoms with E-state index < -0.39 is 0 Å². The first-order valence-electron chi connectivity index (χ1n) is 6.10. The molecule has 0 aliphatic rings. The summed E-state index contributed by atoms with van der Waals surface area (Å²) in [6.45, 7) is 2.22. The molecule has 0 unspecified atom stereocenters. The van der Waals surface area contributed by atoms with Gasteiger partial charge in [-0.3, -0.25) is 14.2 Å². The highest BCUT2D eigenvalue weighted by atomic mass is 32.1. The van der Waals surface area contributed by atoms with E-state index in [1.165, 1.54) is 21.6 Å². The van der Waals surface area contributed by atoms with Crippen LogP contribution < -0.4 is 4.87 Å². The molecule has 1 aromatic carbocycles. The molecule has 4 nitrogen and oxygen atoms in total. The average Bonchev–Trinajstić information content (AvgIpc) is 2.73. The number of rotatable bonds is 4. The first kappa shape index (κ1) is 14.5. The van der Waals surface area contributed by atoms with Crippen LogP contribution in [0.4, 0.5) is 4.39 Å². The van der Waals surface area contributed by atoms with E-state index in [4.69, 9.17) is 0 Å². The molecule has 0 aliphatic heterocycles. The molecule has 0 fully saturated rings. The third-order valence-electron chi connectivity index (χ3n) is 3.03. The third kappa shape index (κ3) is 3.33. The van der Waals surface area contributed by atoms with Crippen molar-refractivity contribution in [3.63, 3.8) is 0 Å². The Hall–Kier alpha value is -1.95. The van der Waals surface area contributed by atoms with Gasteiger partial charge in [0.2, 0.25) is 5.91 Å². The van der Waals surface area contributed by atoms with Crippen LogP contribution >= 0.6 is 11.3 Å². The molecule has 20 heavy (non-hydrogen) atoms. The molecule has 0 N–H and O–H groups in total. The fourth-order valence-corrected chi connectivity index (χ4v) is 2.54. The second-order valence-electron chi connectivity index (χ2n) is 4.61. The highest BCUT2D eigenvalue weighted by Gasteiger charge is 2.13. The number of likely N-dealkylation sites (N-methyl/N-ethyl adjacent to an activating group) is 1. The van der Waals surface area contributed by atoms with Gasteiger partial charge in [-0.1, -0.05) is 23.5 Å². The number of hydrogen-bond donors (Lipinski definition) is 0. The van der Waals surface area contributed by atoms with Crippen LogP contribution in [0.15, 0.2) is 34.4 Å². The number of aryl methyl sites for hydroxylation is 1. The minimum atomic E-state index is -0.303. The van der Waals surface area contributed by atoms with E-state index in [1.54, 1.807) is 31.5 Å². The maximum Gasteiger partial charge on any atom is 0.307 e. The molecule has 1 heterocycles. The number of hydrogen-bond acceptors (Lipinski definition) is 3. The lowest BCUT2D eigenvalue weighted by molar-refractivity contribution is -0.131. The Morgan fingerprint density at radius 3 is 2.55 bits per heavy atom. The molecule has 2 aromatic rings. The van der Waals surface area contributed by atoms with Crippen molar-refractivity contribution in [3.05, 3.63) is 56.4 Å². The van der Waals surface area contributed by atoms with Crippen LogP contribution in [-0.2, 0) is 17.9 Å². The first-order valence-corrected chi connectivity index (χ1v) is 6.98. The van der Waals surface area contributed by atoms with Crippen molar-refractivity contribution in [3.8, 4) is 0 Å². The summed E-state index contributed by atoms with van der Waals surface area (Å²) in [6.07, 6.45) is 0. The Morgan fingerprint density at radius 1 is 1.35 bits per heavy atom. The maximum absolute atomic E-state index is 12.8. The zero-order valence-electron chi connectivity index (χ0n) is 11.3. The Labute approximate surface area is 120 Å². The topological polar surface area (TPSA) is 42.3 Å². The summed E-state index contributed by atoms with van der Waals surface area (Å²) in [4.78, 5) is 25.0. The number of halogens is 1. The van der Waals surface area contributed by atoms with Gasteiger partial charge in [-0.05, 0) is 24.6 Å². The lowest BCUT2D eigenvalue weighted by Gasteiger charge is -2.17. The molecule has 0 saturated carbocycles. The van der Waals surface area contributed by atoms with Gasteiger partial charge < -0.3 is 4.90 Å². The van der Waals surface area contributed by atoms with Crippen molar-refractivity contribution < 1.29 is 9.18 Å². The molecule has 0 radical (unpaired) electrons. The summed E-state index contributed by atoms with van der Waals surface area (Å²) in [5.74, 6) is -0.457. The summed E-state index contributed by atoms with van der Waals surface area (Å²) in [7, 11) is 1.67. The average molecular weight is 294 g/mol. The lowest BCUT2D eigenvalue weighted by Crippen LogP contribution is -2.32. The largest absolute Gasteiger partial charge is 0.340 e. The Balaban J connectivity index is 2.02. The van der Waals surface area contributed by atoms with Crippen molar-refractivity contribution in [2.45, 2.75) is 20.0 Å². The molecular weight excluding hydrogens is 279 g/mol. The molecule has 106 valence electrons. The summed E-state index contributed by atoms with van der Waals surface area (Å²) in [6, 6.07) is 6.00. The summed E-state index contributed by atoms with van der Waals surface area (Å²) in [5, 5.41) is 1.73. The van der Waals surface area contributed by atoms with Crippen LogP contribution in [0.2, 0.25) is 0 Å². The van der Waals surface area contributed by atoms with Crippen LogP contribution in [0.25, 0.3) is 0 Å². The van der Waals surface area contributed by atoms with Crippen molar-refractivity contribution >= 4 is 17.2 Å². The van der Waals surface area contributed by atoms with Gasteiger partial charge in [-0.2, -0.15) is 0 Å². The van der Waals surface area contributed by atoms with Gasteiger partial charge in [0.25, 0.3) is 0 Å². The van der Waals surface area contributed by atoms with Crippen molar-refractivity contribution in [2.75, 3.05) is 7.05 Å². The predicted molar refractivity (Wildman–Crippen MR) is 76.2 cm³/mol. The van der Waals surface area contributed by atoms with E-state index in [-0.39, 0.29) is 23.1 Å². The number of nitrogens with zero attached hydrogens (tertiary/aromatic N) is 2. The smallest absolute Gasteiger partial charge is 0.307 e. The van der Waals surface area contributed by atoms with Gasteiger partial charge in [0, 0.05) is 24.7 Å². The van der Waals surface area contributed by atoms with Gasteiger partial charge in [0.05, 0.1) is 0 Å². The van der Waals surface area contributed by atoms with Crippen LogP contribution in [0.5, 0.6) is 0 Å². The summed E-state index contributed by atoms with van der Waals surface area (Å²) >= 11 is 1.09. The van der Waals surface area contributed by atoms with Gasteiger partial charge in [0.15, 0.2) is 0 Å². The second kappa shape index (κ2) is 6.00. The molecule has 0 atom stereocenters. The molecule has 0 bridgehead atoms. The molecule has 0 saturated heterocycles. The Bertz CT molecular complexity index is 661. The van der Waals surface area contributed by atoms with Gasteiger partial charge in [-0.25, -0.2) is 4.39 Å². The fourth-order valence-electron chi connectivity index (χ4n) is 1.80. The zero-order valence-corrected chi connectivity index (χ0v) is 12.1. The number of amides is 1. The molecule has 0 aliphatic carbocycles. The normalized spacial score (nSPS) is 10.6.